The zero-order valence-electron chi connectivity index (χ0n) is 15.2. The van der Waals surface area contributed by atoms with Gasteiger partial charge in [-0.15, -0.1) is 0 Å². The number of aliphatic carboxylic acids is 1. The zero-order valence-corrected chi connectivity index (χ0v) is 15.2. The van der Waals surface area contributed by atoms with Crippen LogP contribution in [0.2, 0.25) is 0 Å². The van der Waals surface area contributed by atoms with Gasteiger partial charge in [0, 0.05) is 5.92 Å². The minimum atomic E-state index is -1.27. The first-order valence-corrected chi connectivity index (χ1v) is 8.25. The van der Waals surface area contributed by atoms with Gasteiger partial charge in [-0.2, -0.15) is 0 Å². The highest BCUT2D eigenvalue weighted by Crippen LogP contribution is 2.11. The maximum Gasteiger partial charge on any atom is 0.335 e. The molecule has 0 spiro atoms. The number of carboxylic acids is 2. The van der Waals surface area contributed by atoms with Gasteiger partial charge < -0.3 is 21.3 Å². The van der Waals surface area contributed by atoms with Crippen molar-refractivity contribution in [2.75, 3.05) is 0 Å². The molecule has 0 saturated heterocycles. The van der Waals surface area contributed by atoms with Gasteiger partial charge in [-0.05, 0) is 24.1 Å². The first-order chi connectivity index (χ1) is 12.1. The molecule has 5 N–H and O–H groups in total. The summed E-state index contributed by atoms with van der Waals surface area (Å²) in [5.41, 5.74) is 5.94. The summed E-state index contributed by atoms with van der Waals surface area (Å²) in [5.74, 6) is -4.25. The Hall–Kier alpha value is -2.90. The van der Waals surface area contributed by atoms with Crippen molar-refractivity contribution in [3.63, 3.8) is 0 Å². The summed E-state index contributed by atoms with van der Waals surface area (Å²) in [6.07, 6.45) is 0.978. The van der Waals surface area contributed by atoms with Gasteiger partial charge in [-0.1, -0.05) is 39.3 Å². The number of carbonyl (C=O) groups is 4. The Balaban J connectivity index is 0.00000194. The van der Waals surface area contributed by atoms with Crippen molar-refractivity contribution >= 4 is 23.8 Å². The lowest BCUT2D eigenvalue weighted by molar-refractivity contribution is -0.140. The molecule has 0 aliphatic heterocycles. The summed E-state index contributed by atoms with van der Waals surface area (Å²) in [5, 5.41) is 19.8. The highest BCUT2D eigenvalue weighted by Gasteiger charge is 2.24. The molecular formula is C18H26N2O6. The number of amides is 2. The normalized spacial score (nSPS) is 12.1. The average molecular weight is 366 g/mol. The van der Waals surface area contributed by atoms with Crippen LogP contribution in [0, 0.1) is 5.92 Å². The van der Waals surface area contributed by atoms with E-state index >= 15 is 0 Å². The second-order valence-electron chi connectivity index (χ2n) is 5.88. The van der Waals surface area contributed by atoms with E-state index in [1.54, 1.807) is 19.1 Å². The van der Waals surface area contributed by atoms with Crippen LogP contribution in [0.1, 0.15) is 49.5 Å². The van der Waals surface area contributed by atoms with Gasteiger partial charge in [-0.3, -0.25) is 14.4 Å². The zero-order chi connectivity index (χ0) is 20.3. The summed E-state index contributed by atoms with van der Waals surface area (Å²) in [6.45, 7) is 5.86. The number of nitrogens with one attached hydrogen (secondary N) is 1. The molecule has 0 aliphatic rings. The van der Waals surface area contributed by atoms with Gasteiger partial charge in [0.25, 0.3) is 0 Å². The Morgan fingerprint density at radius 3 is 1.96 bits per heavy atom. The number of carboxylic acid groups (broad SMARTS) is 2. The van der Waals surface area contributed by atoms with E-state index in [2.05, 4.69) is 19.2 Å². The molecule has 0 fully saturated rings. The molecule has 1 aromatic rings. The number of benzene rings is 1. The van der Waals surface area contributed by atoms with Gasteiger partial charge in [-0.25, -0.2) is 4.79 Å². The topological polar surface area (TPSA) is 147 Å². The summed E-state index contributed by atoms with van der Waals surface area (Å²) in [7, 11) is 0. The number of rotatable bonds is 8. The van der Waals surface area contributed by atoms with Gasteiger partial charge in [0.2, 0.25) is 11.8 Å². The van der Waals surface area contributed by atoms with Crippen molar-refractivity contribution in [3.05, 3.63) is 35.4 Å². The van der Waals surface area contributed by atoms with Crippen LogP contribution in [0.5, 0.6) is 0 Å². The maximum atomic E-state index is 12.0. The third-order valence-corrected chi connectivity index (χ3v) is 3.23. The number of hydrogen-bond donors (Lipinski definition) is 4. The molecular weight excluding hydrogens is 340 g/mol. The standard InChI is InChI=1S/C15H18N2O6.C3H8/c1-8(6-9-2-4-10(5-3-9)15(22)23)14(21)17-11(13(16)20)7-12(18)19;1-3-2/h2-5,8,11H,6-7H2,1H3,(H2,16,20)(H,17,21)(H,18,19)(H,22,23);3H2,1-2H3/t8-,11?;/m0./s1. The van der Waals surface area contributed by atoms with Crippen molar-refractivity contribution in [1.82, 2.24) is 5.32 Å². The molecule has 0 aromatic heterocycles. The molecule has 1 rings (SSSR count). The molecule has 0 heterocycles. The van der Waals surface area contributed by atoms with Crippen molar-refractivity contribution < 1.29 is 29.4 Å². The van der Waals surface area contributed by atoms with E-state index in [0.717, 1.165) is 5.56 Å². The fraction of sp³-hybridized carbons (Fsp3) is 0.444. The average Bonchev–Trinajstić information content (AvgIpc) is 2.54. The van der Waals surface area contributed by atoms with E-state index in [-0.39, 0.29) is 5.56 Å². The molecule has 144 valence electrons. The number of primary amides is 1. The second kappa shape index (κ2) is 11.6. The first-order valence-electron chi connectivity index (χ1n) is 8.25. The third-order valence-electron chi connectivity index (χ3n) is 3.23. The van der Waals surface area contributed by atoms with E-state index < -0.39 is 42.1 Å². The molecule has 2 atom stereocenters. The lowest BCUT2D eigenvalue weighted by Gasteiger charge is -2.17. The van der Waals surface area contributed by atoms with Crippen molar-refractivity contribution in [2.45, 2.75) is 46.1 Å². The fourth-order valence-electron chi connectivity index (χ4n) is 1.94. The summed E-state index contributed by atoms with van der Waals surface area (Å²) < 4.78 is 0. The Bertz CT molecular complexity index is 627. The molecule has 2 amide bonds. The number of carbonyl (C=O) groups excluding carboxylic acids is 2. The van der Waals surface area contributed by atoms with E-state index in [4.69, 9.17) is 15.9 Å². The summed E-state index contributed by atoms with van der Waals surface area (Å²) >= 11 is 0. The molecule has 0 saturated carbocycles. The number of aromatic carboxylic acids is 1. The third kappa shape index (κ3) is 8.81. The lowest BCUT2D eigenvalue weighted by atomic mass is 9.99. The Kier molecular flexibility index (Phi) is 10.3. The van der Waals surface area contributed by atoms with Gasteiger partial charge >= 0.3 is 11.9 Å². The van der Waals surface area contributed by atoms with Gasteiger partial charge in [0.15, 0.2) is 0 Å². The molecule has 0 bridgehead atoms. The van der Waals surface area contributed by atoms with E-state index in [9.17, 15) is 19.2 Å². The van der Waals surface area contributed by atoms with E-state index in [1.807, 2.05) is 0 Å². The van der Waals surface area contributed by atoms with E-state index in [1.165, 1.54) is 18.6 Å². The van der Waals surface area contributed by atoms with Crippen molar-refractivity contribution in [2.24, 2.45) is 11.7 Å². The highest BCUT2D eigenvalue weighted by molar-refractivity contribution is 5.90. The van der Waals surface area contributed by atoms with Gasteiger partial charge in [0.05, 0.1) is 12.0 Å². The van der Waals surface area contributed by atoms with Crippen LogP contribution in [-0.4, -0.2) is 40.0 Å². The minimum Gasteiger partial charge on any atom is -0.481 e. The Morgan fingerprint density at radius 2 is 1.58 bits per heavy atom. The van der Waals surface area contributed by atoms with Crippen LogP contribution < -0.4 is 11.1 Å². The number of hydrogen-bond acceptors (Lipinski definition) is 4. The molecule has 1 unspecified atom stereocenters. The molecule has 0 aliphatic carbocycles. The Morgan fingerprint density at radius 1 is 1.08 bits per heavy atom. The molecule has 1 aromatic carbocycles. The van der Waals surface area contributed by atoms with Crippen molar-refractivity contribution in [3.8, 4) is 0 Å². The minimum absolute atomic E-state index is 0.140. The predicted molar refractivity (Wildman–Crippen MR) is 95.6 cm³/mol. The Labute approximate surface area is 152 Å². The van der Waals surface area contributed by atoms with Crippen LogP contribution in [0.25, 0.3) is 0 Å². The van der Waals surface area contributed by atoms with Crippen LogP contribution in [0.3, 0.4) is 0 Å². The van der Waals surface area contributed by atoms with Crippen LogP contribution >= 0.6 is 0 Å². The smallest absolute Gasteiger partial charge is 0.335 e. The molecule has 26 heavy (non-hydrogen) atoms. The predicted octanol–water partition coefficient (Wildman–Crippen LogP) is 1.42. The van der Waals surface area contributed by atoms with E-state index in [0.29, 0.717) is 6.42 Å². The molecule has 8 heteroatoms. The molecule has 8 nitrogen and oxygen atoms in total. The first kappa shape index (κ1) is 23.1. The number of nitrogens with two attached hydrogens (primary N) is 1. The summed E-state index contributed by atoms with van der Waals surface area (Å²) in [6, 6.07) is 4.78. The SMILES string of the molecule is CCC.C[C@@H](Cc1ccc(C(=O)O)cc1)C(=O)NC(CC(=O)O)C(N)=O. The highest BCUT2D eigenvalue weighted by atomic mass is 16.4. The van der Waals surface area contributed by atoms with Crippen LogP contribution in [0.4, 0.5) is 0 Å². The van der Waals surface area contributed by atoms with Gasteiger partial charge in [0.1, 0.15) is 6.04 Å². The lowest BCUT2D eigenvalue weighted by Crippen LogP contribution is -2.47. The fourth-order valence-corrected chi connectivity index (χ4v) is 1.94. The van der Waals surface area contributed by atoms with Crippen LogP contribution in [-0.2, 0) is 20.8 Å². The second-order valence-corrected chi connectivity index (χ2v) is 5.88. The monoisotopic (exact) mass is 366 g/mol. The van der Waals surface area contributed by atoms with Crippen molar-refractivity contribution in [1.29, 1.82) is 0 Å². The summed E-state index contributed by atoms with van der Waals surface area (Å²) in [4.78, 5) is 44.6. The maximum absolute atomic E-state index is 12.0. The quantitative estimate of drug-likeness (QED) is 0.547. The van der Waals surface area contributed by atoms with Crippen LogP contribution in [0.15, 0.2) is 24.3 Å². The largest absolute Gasteiger partial charge is 0.481 e. The molecule has 0 radical (unpaired) electrons.